The fourth-order valence-electron chi connectivity index (χ4n) is 2.14. The quantitative estimate of drug-likeness (QED) is 0.777. The fraction of sp³-hybridized carbons (Fsp3) is 0.786. The van der Waals surface area contributed by atoms with Crippen molar-refractivity contribution in [1.29, 1.82) is 0 Å². The van der Waals surface area contributed by atoms with Crippen molar-refractivity contribution in [3.05, 3.63) is 11.9 Å². The fourth-order valence-corrected chi connectivity index (χ4v) is 4.08. The molecule has 0 spiro atoms. The minimum Gasteiger partial charge on any atom is -0.271 e. The van der Waals surface area contributed by atoms with Gasteiger partial charge in [0.1, 0.15) is 4.90 Å². The third-order valence-corrected chi connectivity index (χ3v) is 4.92. The van der Waals surface area contributed by atoms with Gasteiger partial charge in [0.2, 0.25) is 10.0 Å². The second-order valence-corrected chi connectivity index (χ2v) is 7.95. The Morgan fingerprint density at radius 1 is 1.20 bits per heavy atom. The summed E-state index contributed by atoms with van der Waals surface area (Å²) in [6.45, 7) is 13.6. The normalized spacial score (nSPS) is 12.8. The molecule has 0 fully saturated rings. The van der Waals surface area contributed by atoms with E-state index in [9.17, 15) is 8.42 Å². The van der Waals surface area contributed by atoms with Crippen molar-refractivity contribution < 1.29 is 8.42 Å². The topological polar surface area (TPSA) is 55.2 Å². The molecule has 6 heteroatoms. The molecule has 1 aromatic heterocycles. The van der Waals surface area contributed by atoms with Crippen molar-refractivity contribution in [2.24, 2.45) is 11.8 Å². The molecule has 1 heterocycles. The van der Waals surface area contributed by atoms with Crippen LogP contribution in [0.3, 0.4) is 0 Å². The molecule has 0 radical (unpaired) electrons. The van der Waals surface area contributed by atoms with E-state index in [-0.39, 0.29) is 0 Å². The predicted octanol–water partition coefficient (Wildman–Crippen LogP) is 2.51. The van der Waals surface area contributed by atoms with Crippen molar-refractivity contribution in [3.63, 3.8) is 0 Å². The molecule has 0 bridgehead atoms. The highest BCUT2D eigenvalue weighted by Gasteiger charge is 2.29. The van der Waals surface area contributed by atoms with Crippen molar-refractivity contribution in [1.82, 2.24) is 14.1 Å². The standard InChI is InChI=1S/C14H27N3O2S/c1-7-16-10-14(13(6)15-16)20(18,19)17(8-11(2)3)9-12(4)5/h10-12H,7-9H2,1-6H3. The number of sulfonamides is 1. The summed E-state index contributed by atoms with van der Waals surface area (Å²) >= 11 is 0. The Kier molecular flexibility index (Phi) is 5.77. The van der Waals surface area contributed by atoms with Gasteiger partial charge in [-0.25, -0.2) is 8.42 Å². The molecule has 1 aromatic rings. The maximum Gasteiger partial charge on any atom is 0.246 e. The molecule has 20 heavy (non-hydrogen) atoms. The summed E-state index contributed by atoms with van der Waals surface area (Å²) in [5.41, 5.74) is 0.573. The van der Waals surface area contributed by atoms with Crippen molar-refractivity contribution in [3.8, 4) is 0 Å². The van der Waals surface area contributed by atoms with Gasteiger partial charge < -0.3 is 0 Å². The van der Waals surface area contributed by atoms with Crippen LogP contribution < -0.4 is 0 Å². The second kappa shape index (κ2) is 6.72. The van der Waals surface area contributed by atoms with Gasteiger partial charge in [0.15, 0.2) is 0 Å². The highest BCUT2D eigenvalue weighted by atomic mass is 32.2. The Bertz CT molecular complexity index is 523. The first-order chi connectivity index (χ1) is 9.18. The lowest BCUT2D eigenvalue weighted by molar-refractivity contribution is 0.333. The first kappa shape index (κ1) is 17.2. The van der Waals surface area contributed by atoms with Crippen molar-refractivity contribution in [2.75, 3.05) is 13.1 Å². The van der Waals surface area contributed by atoms with Gasteiger partial charge in [-0.1, -0.05) is 27.7 Å². The van der Waals surface area contributed by atoms with E-state index in [2.05, 4.69) is 5.10 Å². The first-order valence-electron chi connectivity index (χ1n) is 7.22. The van der Waals surface area contributed by atoms with Crippen LogP contribution in [-0.4, -0.2) is 35.6 Å². The predicted molar refractivity (Wildman–Crippen MR) is 81.1 cm³/mol. The van der Waals surface area contributed by atoms with Crippen LogP contribution in [0.4, 0.5) is 0 Å². The SMILES string of the molecule is CCn1cc(S(=O)(=O)N(CC(C)C)CC(C)C)c(C)n1. The molecule has 5 nitrogen and oxygen atoms in total. The monoisotopic (exact) mass is 301 g/mol. The van der Waals surface area contributed by atoms with Crippen LogP contribution in [0.25, 0.3) is 0 Å². The second-order valence-electron chi connectivity index (χ2n) is 6.04. The van der Waals surface area contributed by atoms with E-state index in [1.54, 1.807) is 22.1 Å². The first-order valence-corrected chi connectivity index (χ1v) is 8.66. The Labute approximate surface area is 123 Å². The van der Waals surface area contributed by atoms with Crippen LogP contribution in [0.1, 0.15) is 40.3 Å². The zero-order valence-corrected chi connectivity index (χ0v) is 14.2. The minimum atomic E-state index is -3.46. The van der Waals surface area contributed by atoms with Gasteiger partial charge in [-0.2, -0.15) is 9.40 Å². The minimum absolute atomic E-state index is 0.296. The van der Waals surface area contributed by atoms with Gasteiger partial charge in [-0.15, -0.1) is 0 Å². The molecule has 1 rings (SSSR count). The van der Waals surface area contributed by atoms with E-state index in [1.807, 2.05) is 34.6 Å². The van der Waals surface area contributed by atoms with Gasteiger partial charge in [0, 0.05) is 25.8 Å². The molecule has 0 aliphatic carbocycles. The number of hydrogen-bond acceptors (Lipinski definition) is 3. The van der Waals surface area contributed by atoms with E-state index >= 15 is 0 Å². The Hall–Kier alpha value is -0.880. The van der Waals surface area contributed by atoms with Gasteiger partial charge >= 0.3 is 0 Å². The number of aromatic nitrogens is 2. The summed E-state index contributed by atoms with van der Waals surface area (Å²) in [5, 5.41) is 4.25. The van der Waals surface area contributed by atoms with Crippen LogP contribution in [-0.2, 0) is 16.6 Å². The number of aryl methyl sites for hydroxylation is 2. The van der Waals surface area contributed by atoms with E-state index in [1.165, 1.54) is 0 Å². The average Bonchev–Trinajstić information content (AvgIpc) is 2.69. The molecule has 0 N–H and O–H groups in total. The third kappa shape index (κ3) is 4.06. The van der Waals surface area contributed by atoms with Gasteiger partial charge in [0.05, 0.1) is 5.69 Å². The Morgan fingerprint density at radius 2 is 1.70 bits per heavy atom. The van der Waals surface area contributed by atoms with Crippen LogP contribution in [0.5, 0.6) is 0 Å². The molecule has 0 atom stereocenters. The maximum atomic E-state index is 12.8. The molecule has 116 valence electrons. The molecule has 0 aliphatic rings. The molecule has 0 unspecified atom stereocenters. The summed E-state index contributed by atoms with van der Waals surface area (Å²) in [6.07, 6.45) is 1.64. The number of rotatable bonds is 7. The number of nitrogens with zero attached hydrogens (tertiary/aromatic N) is 3. The largest absolute Gasteiger partial charge is 0.271 e. The van der Waals surface area contributed by atoms with E-state index in [4.69, 9.17) is 0 Å². The van der Waals surface area contributed by atoms with Gasteiger partial charge in [-0.3, -0.25) is 4.68 Å². The molecule has 0 saturated carbocycles. The zero-order valence-electron chi connectivity index (χ0n) is 13.4. The van der Waals surface area contributed by atoms with E-state index in [0.29, 0.717) is 42.1 Å². The molecular weight excluding hydrogens is 274 g/mol. The number of hydrogen-bond donors (Lipinski definition) is 0. The van der Waals surface area contributed by atoms with Gasteiger partial charge in [0.25, 0.3) is 0 Å². The summed E-state index contributed by atoms with van der Waals surface area (Å²) < 4.78 is 28.9. The molecule has 0 saturated heterocycles. The molecule has 0 aliphatic heterocycles. The average molecular weight is 301 g/mol. The van der Waals surface area contributed by atoms with Crippen molar-refractivity contribution in [2.45, 2.75) is 53.0 Å². The summed E-state index contributed by atoms with van der Waals surface area (Å²) in [6, 6.07) is 0. The van der Waals surface area contributed by atoms with Crippen LogP contribution in [0.2, 0.25) is 0 Å². The van der Waals surface area contributed by atoms with Crippen molar-refractivity contribution >= 4 is 10.0 Å². The smallest absolute Gasteiger partial charge is 0.246 e. The Balaban J connectivity index is 3.17. The van der Waals surface area contributed by atoms with Gasteiger partial charge in [-0.05, 0) is 25.7 Å². The maximum absolute atomic E-state index is 12.8. The highest BCUT2D eigenvalue weighted by molar-refractivity contribution is 7.89. The Morgan fingerprint density at radius 3 is 2.05 bits per heavy atom. The molecule has 0 aromatic carbocycles. The highest BCUT2D eigenvalue weighted by Crippen LogP contribution is 2.21. The molecular formula is C14H27N3O2S. The third-order valence-electron chi connectivity index (χ3n) is 2.98. The summed E-state index contributed by atoms with van der Waals surface area (Å²) in [4.78, 5) is 0.334. The van der Waals surface area contributed by atoms with E-state index < -0.39 is 10.0 Å². The summed E-state index contributed by atoms with van der Waals surface area (Å²) in [5.74, 6) is 0.593. The summed E-state index contributed by atoms with van der Waals surface area (Å²) in [7, 11) is -3.46. The van der Waals surface area contributed by atoms with Crippen LogP contribution in [0, 0.1) is 18.8 Å². The van der Waals surface area contributed by atoms with Crippen LogP contribution in [0.15, 0.2) is 11.1 Å². The lowest BCUT2D eigenvalue weighted by Crippen LogP contribution is -2.37. The molecule has 0 amide bonds. The lowest BCUT2D eigenvalue weighted by Gasteiger charge is -2.25. The lowest BCUT2D eigenvalue weighted by atomic mass is 10.2. The van der Waals surface area contributed by atoms with Crippen LogP contribution >= 0.6 is 0 Å². The van der Waals surface area contributed by atoms with E-state index in [0.717, 1.165) is 0 Å². The zero-order chi connectivity index (χ0) is 15.5.